The van der Waals surface area contributed by atoms with E-state index in [1.54, 1.807) is 6.07 Å². The van der Waals surface area contributed by atoms with Gasteiger partial charge >= 0.3 is 0 Å². The van der Waals surface area contributed by atoms with Gasteiger partial charge in [-0.2, -0.15) is 0 Å². The molecule has 1 amide bonds. The third kappa shape index (κ3) is 2.24. The summed E-state index contributed by atoms with van der Waals surface area (Å²) in [6, 6.07) is 1.64. The van der Waals surface area contributed by atoms with Gasteiger partial charge in [-0.05, 0) is 36.4 Å². The molecular formula is C12H16ClNO2. The highest BCUT2D eigenvalue weighted by atomic mass is 35.5. The van der Waals surface area contributed by atoms with E-state index < -0.39 is 0 Å². The fourth-order valence-corrected chi connectivity index (χ4v) is 2.47. The van der Waals surface area contributed by atoms with Crippen molar-refractivity contribution in [1.29, 1.82) is 0 Å². The summed E-state index contributed by atoms with van der Waals surface area (Å²) in [5, 5.41) is 0.198. The fourth-order valence-electron chi connectivity index (χ4n) is 2.28. The van der Waals surface area contributed by atoms with E-state index in [-0.39, 0.29) is 11.1 Å². The lowest BCUT2D eigenvalue weighted by molar-refractivity contribution is 0.0786. The van der Waals surface area contributed by atoms with E-state index in [0.29, 0.717) is 11.5 Å². The molecule has 1 aromatic heterocycles. The first kappa shape index (κ1) is 11.5. The minimum Gasteiger partial charge on any atom is -0.452 e. The zero-order valence-corrected chi connectivity index (χ0v) is 10.2. The minimum absolute atomic E-state index is 0.00245. The van der Waals surface area contributed by atoms with Crippen molar-refractivity contribution in [2.75, 3.05) is 13.1 Å². The molecule has 0 aromatic carbocycles. The number of furan rings is 1. The quantitative estimate of drug-likeness (QED) is 0.814. The van der Waals surface area contributed by atoms with Gasteiger partial charge in [-0.3, -0.25) is 4.79 Å². The summed E-state index contributed by atoms with van der Waals surface area (Å²) in [4.78, 5) is 13.9. The van der Waals surface area contributed by atoms with Gasteiger partial charge in [0.15, 0.2) is 0 Å². The Morgan fingerprint density at radius 2 is 2.50 bits per heavy atom. The Balaban J connectivity index is 2.00. The van der Waals surface area contributed by atoms with Crippen LogP contribution in [0.1, 0.15) is 36.5 Å². The molecule has 88 valence electrons. The first-order valence-electron chi connectivity index (χ1n) is 5.74. The van der Waals surface area contributed by atoms with Gasteiger partial charge in [0.25, 0.3) is 5.91 Å². The first-order chi connectivity index (χ1) is 7.72. The average Bonchev–Trinajstić information content (AvgIpc) is 2.87. The largest absolute Gasteiger partial charge is 0.452 e. The summed E-state index contributed by atoms with van der Waals surface area (Å²) in [5.74, 6) is 0.650. The third-order valence-electron chi connectivity index (χ3n) is 3.12. The fraction of sp³-hybridized carbons (Fsp3) is 0.583. The number of hydrogen-bond acceptors (Lipinski definition) is 2. The third-order valence-corrected chi connectivity index (χ3v) is 3.41. The number of carbonyl (C=O) groups excluding carboxylic acids is 1. The molecule has 0 spiro atoms. The SMILES string of the molecule is CCCC1CCN(C(=O)c2ccoc2Cl)C1. The molecule has 1 aliphatic heterocycles. The molecule has 1 saturated heterocycles. The second-order valence-electron chi connectivity index (χ2n) is 4.30. The molecule has 0 saturated carbocycles. The maximum absolute atomic E-state index is 12.1. The van der Waals surface area contributed by atoms with E-state index in [1.165, 1.54) is 19.1 Å². The van der Waals surface area contributed by atoms with Crippen LogP contribution in [0.25, 0.3) is 0 Å². The molecule has 1 atom stereocenters. The Labute approximate surface area is 100 Å². The van der Waals surface area contributed by atoms with Gasteiger partial charge in [0.2, 0.25) is 5.22 Å². The van der Waals surface area contributed by atoms with Crippen LogP contribution in [0.3, 0.4) is 0 Å². The molecule has 2 rings (SSSR count). The molecule has 3 nitrogen and oxygen atoms in total. The number of amides is 1. The van der Waals surface area contributed by atoms with Crippen molar-refractivity contribution >= 4 is 17.5 Å². The number of likely N-dealkylation sites (tertiary alicyclic amines) is 1. The smallest absolute Gasteiger partial charge is 0.258 e. The van der Waals surface area contributed by atoms with Crippen molar-refractivity contribution in [3.63, 3.8) is 0 Å². The molecule has 0 N–H and O–H groups in total. The number of halogens is 1. The molecule has 1 fully saturated rings. The molecule has 1 unspecified atom stereocenters. The molecular weight excluding hydrogens is 226 g/mol. The Hall–Kier alpha value is -0.960. The molecule has 0 radical (unpaired) electrons. The molecule has 2 heterocycles. The normalized spacial score (nSPS) is 20.4. The van der Waals surface area contributed by atoms with Gasteiger partial charge in [-0.15, -0.1) is 0 Å². The molecule has 4 heteroatoms. The van der Waals surface area contributed by atoms with Crippen molar-refractivity contribution in [3.05, 3.63) is 23.1 Å². The zero-order chi connectivity index (χ0) is 11.5. The number of nitrogens with zero attached hydrogens (tertiary/aromatic N) is 1. The lowest BCUT2D eigenvalue weighted by atomic mass is 10.0. The van der Waals surface area contributed by atoms with E-state index in [4.69, 9.17) is 16.0 Å². The number of rotatable bonds is 3. The van der Waals surface area contributed by atoms with Crippen LogP contribution in [0.15, 0.2) is 16.7 Å². The maximum atomic E-state index is 12.1. The van der Waals surface area contributed by atoms with E-state index in [1.807, 2.05) is 4.90 Å². The van der Waals surface area contributed by atoms with Crippen LogP contribution in [0.2, 0.25) is 5.22 Å². The highest BCUT2D eigenvalue weighted by molar-refractivity contribution is 6.32. The van der Waals surface area contributed by atoms with Crippen molar-refractivity contribution in [2.24, 2.45) is 5.92 Å². The van der Waals surface area contributed by atoms with Gasteiger partial charge in [0.1, 0.15) is 0 Å². The average molecular weight is 242 g/mol. The molecule has 0 aliphatic carbocycles. The summed E-state index contributed by atoms with van der Waals surface area (Å²) < 4.78 is 4.94. The van der Waals surface area contributed by atoms with Crippen LogP contribution in [0.5, 0.6) is 0 Å². The maximum Gasteiger partial charge on any atom is 0.258 e. The number of carbonyl (C=O) groups is 1. The van der Waals surface area contributed by atoms with Gasteiger partial charge in [-0.1, -0.05) is 13.3 Å². The molecule has 1 aliphatic rings. The van der Waals surface area contributed by atoms with Crippen molar-refractivity contribution < 1.29 is 9.21 Å². The van der Waals surface area contributed by atoms with Crippen LogP contribution >= 0.6 is 11.6 Å². The number of hydrogen-bond donors (Lipinski definition) is 0. The van der Waals surface area contributed by atoms with E-state index in [2.05, 4.69) is 6.92 Å². The van der Waals surface area contributed by atoms with Crippen LogP contribution in [0.4, 0.5) is 0 Å². The summed E-state index contributed by atoms with van der Waals surface area (Å²) in [6.45, 7) is 3.87. The highest BCUT2D eigenvalue weighted by Crippen LogP contribution is 2.25. The Kier molecular flexibility index (Phi) is 3.54. The summed E-state index contributed by atoms with van der Waals surface area (Å²) >= 11 is 5.80. The van der Waals surface area contributed by atoms with Crippen molar-refractivity contribution in [2.45, 2.75) is 26.2 Å². The lowest BCUT2D eigenvalue weighted by Crippen LogP contribution is -2.28. The predicted molar refractivity (Wildman–Crippen MR) is 62.6 cm³/mol. The van der Waals surface area contributed by atoms with Crippen molar-refractivity contribution in [1.82, 2.24) is 4.90 Å². The van der Waals surface area contributed by atoms with Gasteiger partial charge in [0.05, 0.1) is 11.8 Å². The van der Waals surface area contributed by atoms with Crippen LogP contribution in [-0.2, 0) is 0 Å². The summed E-state index contributed by atoms with van der Waals surface area (Å²) in [7, 11) is 0. The van der Waals surface area contributed by atoms with E-state index >= 15 is 0 Å². The Morgan fingerprint density at radius 1 is 1.69 bits per heavy atom. The van der Waals surface area contributed by atoms with Gasteiger partial charge in [0, 0.05) is 13.1 Å². The Bertz CT molecular complexity index is 375. The van der Waals surface area contributed by atoms with Gasteiger partial charge in [-0.25, -0.2) is 0 Å². The van der Waals surface area contributed by atoms with Crippen LogP contribution < -0.4 is 0 Å². The molecule has 16 heavy (non-hydrogen) atoms. The minimum atomic E-state index is -0.00245. The second-order valence-corrected chi connectivity index (χ2v) is 4.65. The van der Waals surface area contributed by atoms with E-state index in [0.717, 1.165) is 19.5 Å². The zero-order valence-electron chi connectivity index (χ0n) is 9.41. The predicted octanol–water partition coefficient (Wildman–Crippen LogP) is 3.20. The lowest BCUT2D eigenvalue weighted by Gasteiger charge is -2.15. The highest BCUT2D eigenvalue weighted by Gasteiger charge is 2.28. The second kappa shape index (κ2) is 4.91. The Morgan fingerprint density at radius 3 is 3.12 bits per heavy atom. The summed E-state index contributed by atoms with van der Waals surface area (Å²) in [5.41, 5.74) is 0.485. The standard InChI is InChI=1S/C12H16ClNO2/c1-2-3-9-4-6-14(8-9)12(15)10-5-7-16-11(10)13/h5,7,9H,2-4,6,8H2,1H3. The topological polar surface area (TPSA) is 33.5 Å². The molecule has 1 aromatic rings. The van der Waals surface area contributed by atoms with Crippen LogP contribution in [0, 0.1) is 5.92 Å². The summed E-state index contributed by atoms with van der Waals surface area (Å²) in [6.07, 6.45) is 4.94. The monoisotopic (exact) mass is 241 g/mol. The van der Waals surface area contributed by atoms with E-state index in [9.17, 15) is 4.79 Å². The van der Waals surface area contributed by atoms with Crippen LogP contribution in [-0.4, -0.2) is 23.9 Å². The van der Waals surface area contributed by atoms with Crippen molar-refractivity contribution in [3.8, 4) is 0 Å². The first-order valence-corrected chi connectivity index (χ1v) is 6.12. The molecule has 0 bridgehead atoms. The van der Waals surface area contributed by atoms with Gasteiger partial charge < -0.3 is 9.32 Å².